The van der Waals surface area contributed by atoms with Crippen LogP contribution in [0.15, 0.2) is 29.3 Å². The Bertz CT molecular complexity index is 626. The Kier molecular flexibility index (Phi) is 7.38. The van der Waals surface area contributed by atoms with Crippen LogP contribution in [0.4, 0.5) is 4.39 Å². The first-order valence-electron chi connectivity index (χ1n) is 9.13. The highest BCUT2D eigenvalue weighted by Gasteiger charge is 2.22. The van der Waals surface area contributed by atoms with Gasteiger partial charge in [0.2, 0.25) is 5.91 Å². The first-order valence-corrected chi connectivity index (χ1v) is 9.13. The number of piperazine rings is 1. The predicted molar refractivity (Wildman–Crippen MR) is 103 cm³/mol. The third-order valence-corrected chi connectivity index (χ3v) is 4.63. The number of halogens is 1. The molecule has 0 spiro atoms. The van der Waals surface area contributed by atoms with E-state index < -0.39 is 0 Å². The van der Waals surface area contributed by atoms with Gasteiger partial charge in [-0.3, -0.25) is 9.79 Å². The van der Waals surface area contributed by atoms with Crippen LogP contribution in [0.25, 0.3) is 0 Å². The fourth-order valence-electron chi connectivity index (χ4n) is 3.11. The Morgan fingerprint density at radius 3 is 2.46 bits per heavy atom. The smallest absolute Gasteiger partial charge is 0.219 e. The molecular formula is C19H30FN5O. The highest BCUT2D eigenvalue weighted by molar-refractivity contribution is 5.80. The normalized spacial score (nSPS) is 16.8. The van der Waals surface area contributed by atoms with E-state index in [4.69, 9.17) is 4.99 Å². The molecule has 1 amide bonds. The molecule has 1 aliphatic heterocycles. The maximum Gasteiger partial charge on any atom is 0.219 e. The van der Waals surface area contributed by atoms with Gasteiger partial charge in [-0.1, -0.05) is 12.1 Å². The number of rotatable bonds is 5. The molecule has 1 fully saturated rings. The van der Waals surface area contributed by atoms with Crippen LogP contribution < -0.4 is 5.32 Å². The fourth-order valence-corrected chi connectivity index (χ4v) is 3.11. The minimum absolute atomic E-state index is 0.00198. The van der Waals surface area contributed by atoms with Crippen LogP contribution in [0.2, 0.25) is 0 Å². The lowest BCUT2D eigenvalue weighted by molar-refractivity contribution is -0.130. The number of amides is 1. The summed E-state index contributed by atoms with van der Waals surface area (Å²) in [6.07, 6.45) is 0. The van der Waals surface area contributed by atoms with E-state index in [-0.39, 0.29) is 17.8 Å². The van der Waals surface area contributed by atoms with Gasteiger partial charge < -0.3 is 20.0 Å². The summed E-state index contributed by atoms with van der Waals surface area (Å²) in [4.78, 5) is 22.4. The zero-order valence-electron chi connectivity index (χ0n) is 16.2. The molecule has 1 aliphatic rings. The van der Waals surface area contributed by atoms with Crippen molar-refractivity contribution in [3.8, 4) is 0 Å². The lowest BCUT2D eigenvalue weighted by atomic mass is 10.1. The van der Waals surface area contributed by atoms with Gasteiger partial charge in [-0.05, 0) is 38.7 Å². The number of likely N-dealkylation sites (N-methyl/N-ethyl adjacent to an activating group) is 1. The van der Waals surface area contributed by atoms with E-state index >= 15 is 0 Å². The van der Waals surface area contributed by atoms with E-state index in [1.165, 1.54) is 6.07 Å². The molecule has 6 nitrogen and oxygen atoms in total. The van der Waals surface area contributed by atoms with Crippen LogP contribution in [-0.4, -0.2) is 79.9 Å². The molecule has 1 atom stereocenters. The van der Waals surface area contributed by atoms with Crippen molar-refractivity contribution in [2.75, 3.05) is 53.4 Å². The topological polar surface area (TPSA) is 51.2 Å². The van der Waals surface area contributed by atoms with Gasteiger partial charge in [-0.25, -0.2) is 4.39 Å². The van der Waals surface area contributed by atoms with Crippen LogP contribution in [0.5, 0.6) is 0 Å². The minimum Gasteiger partial charge on any atom is -0.357 e. The summed E-state index contributed by atoms with van der Waals surface area (Å²) in [5.41, 5.74) is 0.913. The number of carbonyl (C=O) groups excluding carboxylic acids is 1. The highest BCUT2D eigenvalue weighted by Crippen LogP contribution is 2.19. The predicted octanol–water partition coefficient (Wildman–Crippen LogP) is 1.56. The molecule has 0 saturated carbocycles. The van der Waals surface area contributed by atoms with Crippen LogP contribution in [0.3, 0.4) is 0 Å². The van der Waals surface area contributed by atoms with E-state index in [0.29, 0.717) is 19.6 Å². The Hall–Kier alpha value is -2.15. The number of hydrogen-bond acceptors (Lipinski definition) is 3. The molecular weight excluding hydrogens is 333 g/mol. The number of aliphatic imine (C=N–C) groups is 1. The van der Waals surface area contributed by atoms with Gasteiger partial charge in [-0.15, -0.1) is 0 Å². The first-order chi connectivity index (χ1) is 12.4. The summed E-state index contributed by atoms with van der Waals surface area (Å²) in [6, 6.07) is 6.69. The molecule has 144 valence electrons. The molecule has 1 saturated heterocycles. The zero-order chi connectivity index (χ0) is 19.1. The summed E-state index contributed by atoms with van der Waals surface area (Å²) < 4.78 is 13.6. The molecule has 1 aromatic rings. The molecule has 26 heavy (non-hydrogen) atoms. The summed E-state index contributed by atoms with van der Waals surface area (Å²) in [5.74, 6) is 0.731. The van der Waals surface area contributed by atoms with Gasteiger partial charge in [0.25, 0.3) is 0 Å². The van der Waals surface area contributed by atoms with E-state index in [0.717, 1.165) is 31.2 Å². The molecule has 0 aromatic heterocycles. The fraction of sp³-hybridized carbons (Fsp3) is 0.579. The molecule has 0 bridgehead atoms. The first kappa shape index (κ1) is 20.2. The van der Waals surface area contributed by atoms with Crippen molar-refractivity contribution in [3.63, 3.8) is 0 Å². The highest BCUT2D eigenvalue weighted by atomic mass is 19.1. The van der Waals surface area contributed by atoms with E-state index in [1.54, 1.807) is 19.1 Å². The zero-order valence-corrected chi connectivity index (χ0v) is 16.2. The van der Waals surface area contributed by atoms with Gasteiger partial charge in [0.15, 0.2) is 5.96 Å². The molecule has 1 heterocycles. The van der Waals surface area contributed by atoms with Crippen LogP contribution >= 0.6 is 0 Å². The molecule has 1 aromatic carbocycles. The van der Waals surface area contributed by atoms with Gasteiger partial charge in [0.1, 0.15) is 5.82 Å². The minimum atomic E-state index is -0.231. The van der Waals surface area contributed by atoms with Crippen molar-refractivity contribution < 1.29 is 9.18 Å². The lowest BCUT2D eigenvalue weighted by Crippen LogP contribution is -2.53. The van der Waals surface area contributed by atoms with Gasteiger partial charge in [0.05, 0.1) is 12.6 Å². The van der Waals surface area contributed by atoms with Crippen LogP contribution in [0, 0.1) is 5.82 Å². The number of hydrogen-bond donors (Lipinski definition) is 1. The van der Waals surface area contributed by atoms with E-state index in [9.17, 15) is 9.18 Å². The van der Waals surface area contributed by atoms with Crippen molar-refractivity contribution in [3.05, 3.63) is 35.6 Å². The Balaban J connectivity index is 2.10. The largest absolute Gasteiger partial charge is 0.357 e. The quantitative estimate of drug-likeness (QED) is 0.637. The van der Waals surface area contributed by atoms with Crippen molar-refractivity contribution in [2.24, 2.45) is 4.99 Å². The summed E-state index contributed by atoms with van der Waals surface area (Å²) in [5, 5.41) is 3.33. The lowest BCUT2D eigenvalue weighted by Gasteiger charge is -2.36. The Labute approximate surface area is 155 Å². The Morgan fingerprint density at radius 1 is 1.27 bits per heavy atom. The number of nitrogens with one attached hydrogen (secondary N) is 1. The number of nitrogens with zero attached hydrogens (tertiary/aromatic N) is 4. The van der Waals surface area contributed by atoms with E-state index in [1.807, 2.05) is 32.0 Å². The second-order valence-corrected chi connectivity index (χ2v) is 6.72. The van der Waals surface area contributed by atoms with Crippen molar-refractivity contribution in [1.29, 1.82) is 0 Å². The maximum atomic E-state index is 13.6. The van der Waals surface area contributed by atoms with Gasteiger partial charge in [0, 0.05) is 39.6 Å². The van der Waals surface area contributed by atoms with Crippen molar-refractivity contribution in [2.45, 2.75) is 19.9 Å². The monoisotopic (exact) mass is 363 g/mol. The number of benzene rings is 1. The average molecular weight is 363 g/mol. The van der Waals surface area contributed by atoms with E-state index in [2.05, 4.69) is 15.1 Å². The third kappa shape index (κ3) is 5.42. The summed E-state index contributed by atoms with van der Waals surface area (Å²) >= 11 is 0. The van der Waals surface area contributed by atoms with Crippen molar-refractivity contribution in [1.82, 2.24) is 20.0 Å². The number of carbonyl (C=O) groups is 1. The molecule has 2 rings (SSSR count). The molecule has 7 heteroatoms. The van der Waals surface area contributed by atoms with Crippen LogP contribution in [0.1, 0.15) is 25.5 Å². The summed E-state index contributed by atoms with van der Waals surface area (Å²) in [6.45, 7) is 7.90. The van der Waals surface area contributed by atoms with Crippen LogP contribution in [-0.2, 0) is 4.79 Å². The molecule has 0 aliphatic carbocycles. The van der Waals surface area contributed by atoms with Crippen molar-refractivity contribution >= 4 is 11.9 Å². The van der Waals surface area contributed by atoms with Gasteiger partial charge >= 0.3 is 0 Å². The molecule has 1 unspecified atom stereocenters. The van der Waals surface area contributed by atoms with Gasteiger partial charge in [-0.2, -0.15) is 0 Å². The summed E-state index contributed by atoms with van der Waals surface area (Å²) in [7, 11) is 3.95. The standard InChI is InChI=1S/C19H30FN5O/c1-5-21-19(25-11-9-24(10-12-25)15(2)26)22-14-18(23(3)4)16-7-6-8-17(20)13-16/h6-8,13,18H,5,9-12,14H2,1-4H3,(H,21,22). The number of guanidine groups is 1. The second-order valence-electron chi connectivity index (χ2n) is 6.72. The third-order valence-electron chi connectivity index (χ3n) is 4.63. The molecule has 1 N–H and O–H groups in total. The average Bonchev–Trinajstić information content (AvgIpc) is 2.61. The second kappa shape index (κ2) is 9.52. The maximum absolute atomic E-state index is 13.6. The Morgan fingerprint density at radius 2 is 1.92 bits per heavy atom. The SMILES string of the molecule is CCNC(=NCC(c1cccc(F)c1)N(C)C)N1CCN(C(C)=O)CC1. The molecule has 0 radical (unpaired) electrons.